The standard InChI is InChI=1S/C16H10Br3NO3/c1-2-22-16(21)9(8-20)5-11-3-4-14(23-11)15-12(18)6-10(17)7-13(15)19/h3-7H,2H2,1H3. The van der Waals surface area contributed by atoms with Gasteiger partial charge < -0.3 is 9.15 Å². The molecule has 0 bridgehead atoms. The molecule has 1 aromatic heterocycles. The van der Waals surface area contributed by atoms with Crippen LogP contribution < -0.4 is 0 Å². The van der Waals surface area contributed by atoms with Gasteiger partial charge in [-0.2, -0.15) is 5.26 Å². The summed E-state index contributed by atoms with van der Waals surface area (Å²) < 4.78 is 13.1. The van der Waals surface area contributed by atoms with E-state index in [2.05, 4.69) is 47.8 Å². The minimum atomic E-state index is -0.668. The largest absolute Gasteiger partial charge is 0.462 e. The Morgan fingerprint density at radius 2 is 1.96 bits per heavy atom. The third-order valence-corrected chi connectivity index (χ3v) is 4.49. The fourth-order valence-electron chi connectivity index (χ4n) is 1.83. The van der Waals surface area contributed by atoms with E-state index in [0.29, 0.717) is 11.5 Å². The highest BCUT2D eigenvalue weighted by atomic mass is 79.9. The van der Waals surface area contributed by atoms with Crippen molar-refractivity contribution in [1.82, 2.24) is 0 Å². The fourth-order valence-corrected chi connectivity index (χ4v) is 4.48. The van der Waals surface area contributed by atoms with Crippen LogP contribution in [-0.4, -0.2) is 12.6 Å². The summed E-state index contributed by atoms with van der Waals surface area (Å²) in [6.07, 6.45) is 1.36. The average Bonchev–Trinajstić information content (AvgIpc) is 2.92. The Morgan fingerprint density at radius 1 is 1.30 bits per heavy atom. The van der Waals surface area contributed by atoms with Gasteiger partial charge in [0, 0.05) is 25.1 Å². The van der Waals surface area contributed by atoms with E-state index in [1.54, 1.807) is 19.1 Å². The lowest BCUT2D eigenvalue weighted by molar-refractivity contribution is -0.137. The number of furan rings is 1. The number of ether oxygens (including phenoxy) is 1. The molecule has 0 spiro atoms. The molecule has 2 rings (SSSR count). The number of carbonyl (C=O) groups is 1. The topological polar surface area (TPSA) is 63.2 Å². The third-order valence-electron chi connectivity index (χ3n) is 2.78. The molecule has 0 saturated carbocycles. The number of nitrogens with zero attached hydrogens (tertiary/aromatic N) is 1. The van der Waals surface area contributed by atoms with Crippen molar-refractivity contribution in [2.75, 3.05) is 6.61 Å². The first-order valence-electron chi connectivity index (χ1n) is 6.50. The Morgan fingerprint density at radius 3 is 2.52 bits per heavy atom. The Labute approximate surface area is 158 Å². The lowest BCUT2D eigenvalue weighted by Crippen LogP contribution is -2.05. The average molecular weight is 504 g/mol. The molecule has 0 unspecified atom stereocenters. The molecule has 0 N–H and O–H groups in total. The van der Waals surface area contributed by atoms with Crippen molar-refractivity contribution >= 4 is 59.8 Å². The summed E-state index contributed by atoms with van der Waals surface area (Å²) in [4.78, 5) is 11.6. The molecule has 0 aliphatic carbocycles. The van der Waals surface area contributed by atoms with E-state index in [9.17, 15) is 4.79 Å². The summed E-state index contributed by atoms with van der Waals surface area (Å²) in [5.74, 6) is 0.328. The second-order valence-electron chi connectivity index (χ2n) is 4.34. The first kappa shape index (κ1) is 18.0. The highest BCUT2D eigenvalue weighted by Crippen LogP contribution is 2.38. The predicted molar refractivity (Wildman–Crippen MR) is 97.5 cm³/mol. The van der Waals surface area contributed by atoms with Gasteiger partial charge in [-0.25, -0.2) is 4.79 Å². The van der Waals surface area contributed by atoms with Crippen molar-refractivity contribution in [3.05, 3.63) is 49.0 Å². The van der Waals surface area contributed by atoms with Gasteiger partial charge in [0.05, 0.1) is 6.61 Å². The molecule has 23 heavy (non-hydrogen) atoms. The molecule has 7 heteroatoms. The van der Waals surface area contributed by atoms with Crippen LogP contribution in [0.25, 0.3) is 17.4 Å². The number of rotatable bonds is 4. The van der Waals surface area contributed by atoms with Gasteiger partial charge in [0.15, 0.2) is 0 Å². The van der Waals surface area contributed by atoms with Crippen molar-refractivity contribution < 1.29 is 13.9 Å². The molecule has 2 aromatic rings. The normalized spacial score (nSPS) is 11.2. The van der Waals surface area contributed by atoms with Gasteiger partial charge in [-0.05, 0) is 63.0 Å². The highest BCUT2D eigenvalue weighted by Gasteiger charge is 2.15. The number of hydrogen-bond donors (Lipinski definition) is 0. The summed E-state index contributed by atoms with van der Waals surface area (Å²) in [6.45, 7) is 1.89. The van der Waals surface area contributed by atoms with E-state index in [4.69, 9.17) is 14.4 Å². The molecule has 0 saturated heterocycles. The SMILES string of the molecule is CCOC(=O)C(C#N)=Cc1ccc(-c2c(Br)cc(Br)cc2Br)o1. The zero-order chi connectivity index (χ0) is 17.0. The molecule has 4 nitrogen and oxygen atoms in total. The summed E-state index contributed by atoms with van der Waals surface area (Å²) >= 11 is 10.4. The second kappa shape index (κ2) is 7.95. The number of benzene rings is 1. The Balaban J connectivity index is 2.39. The molecule has 1 heterocycles. The summed E-state index contributed by atoms with van der Waals surface area (Å²) in [5, 5.41) is 9.05. The number of esters is 1. The van der Waals surface area contributed by atoms with E-state index < -0.39 is 5.97 Å². The first-order valence-corrected chi connectivity index (χ1v) is 8.87. The van der Waals surface area contributed by atoms with Crippen LogP contribution in [-0.2, 0) is 9.53 Å². The Kier molecular flexibility index (Phi) is 6.22. The Hall–Kier alpha value is -1.36. The molecular weight excluding hydrogens is 494 g/mol. The van der Waals surface area contributed by atoms with Gasteiger partial charge in [-0.1, -0.05) is 15.9 Å². The number of halogens is 3. The maximum absolute atomic E-state index is 11.6. The molecule has 0 fully saturated rings. The van der Waals surface area contributed by atoms with Crippen LogP contribution in [0.1, 0.15) is 12.7 Å². The molecule has 0 aliphatic heterocycles. The number of hydrogen-bond acceptors (Lipinski definition) is 4. The molecule has 0 atom stereocenters. The van der Waals surface area contributed by atoms with Crippen molar-refractivity contribution in [3.63, 3.8) is 0 Å². The monoisotopic (exact) mass is 501 g/mol. The predicted octanol–water partition coefficient (Wildman–Crippen LogP) is 5.70. The van der Waals surface area contributed by atoms with Crippen molar-refractivity contribution in [2.45, 2.75) is 6.92 Å². The molecule has 0 radical (unpaired) electrons. The van der Waals surface area contributed by atoms with Gasteiger partial charge in [-0.15, -0.1) is 0 Å². The third kappa shape index (κ3) is 4.34. The molecular formula is C16H10Br3NO3. The summed E-state index contributed by atoms with van der Waals surface area (Å²) in [5.41, 5.74) is 0.726. The smallest absolute Gasteiger partial charge is 0.349 e. The van der Waals surface area contributed by atoms with E-state index in [1.165, 1.54) is 6.08 Å². The van der Waals surface area contributed by atoms with Gasteiger partial charge in [0.1, 0.15) is 23.2 Å². The maximum Gasteiger partial charge on any atom is 0.349 e. The fraction of sp³-hybridized carbons (Fsp3) is 0.125. The maximum atomic E-state index is 11.6. The number of carbonyl (C=O) groups excluding carboxylic acids is 1. The van der Waals surface area contributed by atoms with Crippen LogP contribution in [0.4, 0.5) is 0 Å². The van der Waals surface area contributed by atoms with Gasteiger partial charge in [-0.3, -0.25) is 0 Å². The van der Waals surface area contributed by atoms with Crippen LogP contribution in [0.5, 0.6) is 0 Å². The quantitative estimate of drug-likeness (QED) is 0.305. The number of nitriles is 1. The molecule has 118 valence electrons. The van der Waals surface area contributed by atoms with E-state index >= 15 is 0 Å². The summed E-state index contributed by atoms with van der Waals surface area (Å²) in [7, 11) is 0. The zero-order valence-corrected chi connectivity index (χ0v) is 16.7. The van der Waals surface area contributed by atoms with Crippen LogP contribution in [0.3, 0.4) is 0 Å². The van der Waals surface area contributed by atoms with Gasteiger partial charge in [0.25, 0.3) is 0 Å². The van der Waals surface area contributed by atoms with Gasteiger partial charge in [0.2, 0.25) is 0 Å². The lowest BCUT2D eigenvalue weighted by Gasteiger charge is -2.05. The van der Waals surface area contributed by atoms with Crippen LogP contribution in [0, 0.1) is 11.3 Å². The van der Waals surface area contributed by atoms with Crippen molar-refractivity contribution in [2.24, 2.45) is 0 Å². The first-order chi connectivity index (χ1) is 11.0. The minimum Gasteiger partial charge on any atom is -0.462 e. The summed E-state index contributed by atoms with van der Waals surface area (Å²) in [6, 6.07) is 9.07. The van der Waals surface area contributed by atoms with E-state index in [1.807, 2.05) is 18.2 Å². The second-order valence-corrected chi connectivity index (χ2v) is 6.96. The minimum absolute atomic E-state index is 0.110. The van der Waals surface area contributed by atoms with Gasteiger partial charge >= 0.3 is 5.97 Å². The lowest BCUT2D eigenvalue weighted by atomic mass is 10.2. The molecule has 0 amide bonds. The van der Waals surface area contributed by atoms with Crippen molar-refractivity contribution in [3.8, 4) is 17.4 Å². The highest BCUT2D eigenvalue weighted by molar-refractivity contribution is 9.11. The van der Waals surface area contributed by atoms with E-state index in [-0.39, 0.29) is 12.2 Å². The van der Waals surface area contributed by atoms with Crippen molar-refractivity contribution in [1.29, 1.82) is 5.26 Å². The van der Waals surface area contributed by atoms with Crippen LogP contribution >= 0.6 is 47.8 Å². The van der Waals surface area contributed by atoms with Crippen LogP contribution in [0.2, 0.25) is 0 Å². The van der Waals surface area contributed by atoms with E-state index in [0.717, 1.165) is 19.0 Å². The zero-order valence-electron chi connectivity index (χ0n) is 11.9. The van der Waals surface area contributed by atoms with Crippen LogP contribution in [0.15, 0.2) is 47.7 Å². The Bertz CT molecular complexity index is 795. The molecule has 1 aromatic carbocycles. The molecule has 0 aliphatic rings.